The van der Waals surface area contributed by atoms with Crippen molar-refractivity contribution in [2.45, 2.75) is 13.3 Å². The minimum Gasteiger partial charge on any atom is -0.492 e. The molecule has 0 atom stereocenters. The van der Waals surface area contributed by atoms with E-state index in [9.17, 15) is 4.79 Å². The molecule has 0 heterocycles. The molecule has 4 nitrogen and oxygen atoms in total. The van der Waals surface area contributed by atoms with E-state index in [-0.39, 0.29) is 12.5 Å². The van der Waals surface area contributed by atoms with Gasteiger partial charge in [0.25, 0.3) is 0 Å². The number of benzene rings is 2. The van der Waals surface area contributed by atoms with Crippen LogP contribution in [-0.2, 0) is 16.0 Å². The molecule has 0 spiro atoms. The van der Waals surface area contributed by atoms with Crippen molar-refractivity contribution in [3.63, 3.8) is 0 Å². The minimum absolute atomic E-state index is 0.0188. The first-order valence-corrected chi connectivity index (χ1v) is 8.32. The highest BCUT2D eigenvalue weighted by Gasteiger charge is 2.09. The average Bonchev–Trinajstić information content (AvgIpc) is 2.55. The maximum Gasteiger partial charge on any atom is 0.250 e. The van der Waals surface area contributed by atoms with Gasteiger partial charge in [0.1, 0.15) is 12.4 Å². The van der Waals surface area contributed by atoms with Gasteiger partial charge in [-0.2, -0.15) is 0 Å². The maximum absolute atomic E-state index is 12.0. The maximum atomic E-state index is 12.0. The van der Waals surface area contributed by atoms with E-state index in [1.54, 1.807) is 0 Å². The first-order chi connectivity index (χ1) is 11.2. The highest BCUT2D eigenvalue weighted by atomic mass is 79.9. The van der Waals surface area contributed by atoms with E-state index in [0.29, 0.717) is 24.7 Å². The van der Waals surface area contributed by atoms with Crippen LogP contribution in [0.15, 0.2) is 53.0 Å². The molecule has 2 rings (SSSR count). The molecule has 2 aromatic rings. The summed E-state index contributed by atoms with van der Waals surface area (Å²) in [5.41, 5.74) is 1.83. The predicted octanol–water partition coefficient (Wildman–Crippen LogP) is 4.05. The lowest BCUT2D eigenvalue weighted by molar-refractivity contribution is -0.120. The van der Waals surface area contributed by atoms with Crippen LogP contribution in [0.5, 0.6) is 5.75 Å². The Morgan fingerprint density at radius 3 is 2.70 bits per heavy atom. The fourth-order valence-corrected chi connectivity index (χ4v) is 2.43. The lowest BCUT2D eigenvalue weighted by Gasteiger charge is -2.12. The SMILES string of the molecule is CCOc1ccc(Br)cc1NC(=O)COCCc1ccccc1. The van der Waals surface area contributed by atoms with Crippen LogP contribution in [0.4, 0.5) is 5.69 Å². The summed E-state index contributed by atoms with van der Waals surface area (Å²) < 4.78 is 11.8. The molecule has 1 amide bonds. The van der Waals surface area contributed by atoms with Crippen molar-refractivity contribution < 1.29 is 14.3 Å². The van der Waals surface area contributed by atoms with Gasteiger partial charge in [0.15, 0.2) is 0 Å². The summed E-state index contributed by atoms with van der Waals surface area (Å²) in [6.45, 7) is 2.97. The van der Waals surface area contributed by atoms with Crippen molar-refractivity contribution in [2.75, 3.05) is 25.1 Å². The van der Waals surface area contributed by atoms with Crippen molar-refractivity contribution in [3.8, 4) is 5.75 Å². The van der Waals surface area contributed by atoms with Gasteiger partial charge in [0, 0.05) is 4.47 Å². The topological polar surface area (TPSA) is 47.6 Å². The van der Waals surface area contributed by atoms with Crippen LogP contribution in [0.25, 0.3) is 0 Å². The van der Waals surface area contributed by atoms with Gasteiger partial charge in [-0.05, 0) is 37.1 Å². The Balaban J connectivity index is 1.79. The van der Waals surface area contributed by atoms with E-state index in [0.717, 1.165) is 10.9 Å². The van der Waals surface area contributed by atoms with Gasteiger partial charge in [-0.25, -0.2) is 0 Å². The molecule has 0 fully saturated rings. The Morgan fingerprint density at radius 1 is 1.17 bits per heavy atom. The summed E-state index contributed by atoms with van der Waals surface area (Å²) in [7, 11) is 0. The van der Waals surface area contributed by atoms with Crippen molar-refractivity contribution in [2.24, 2.45) is 0 Å². The second-order valence-corrected chi connectivity index (χ2v) is 5.83. The van der Waals surface area contributed by atoms with Crippen LogP contribution in [0.3, 0.4) is 0 Å². The highest BCUT2D eigenvalue weighted by molar-refractivity contribution is 9.10. The fraction of sp³-hybridized carbons (Fsp3) is 0.278. The number of amides is 1. The van der Waals surface area contributed by atoms with E-state index in [1.807, 2.05) is 55.5 Å². The van der Waals surface area contributed by atoms with E-state index >= 15 is 0 Å². The smallest absolute Gasteiger partial charge is 0.250 e. The predicted molar refractivity (Wildman–Crippen MR) is 94.9 cm³/mol. The van der Waals surface area contributed by atoms with Gasteiger partial charge in [-0.3, -0.25) is 4.79 Å². The third-order valence-electron chi connectivity index (χ3n) is 3.13. The van der Waals surface area contributed by atoms with Crippen LogP contribution in [0.2, 0.25) is 0 Å². The number of anilines is 1. The number of carbonyl (C=O) groups excluding carboxylic acids is 1. The zero-order valence-corrected chi connectivity index (χ0v) is 14.6. The number of nitrogens with one attached hydrogen (secondary N) is 1. The Kier molecular flexibility index (Phi) is 7.10. The molecular formula is C18H20BrNO3. The number of halogens is 1. The Labute approximate surface area is 144 Å². The zero-order chi connectivity index (χ0) is 16.5. The first-order valence-electron chi connectivity index (χ1n) is 7.53. The molecular weight excluding hydrogens is 358 g/mol. The second kappa shape index (κ2) is 9.33. The summed E-state index contributed by atoms with van der Waals surface area (Å²) in [5, 5.41) is 2.82. The Morgan fingerprint density at radius 2 is 1.96 bits per heavy atom. The number of carbonyl (C=O) groups is 1. The Bertz CT molecular complexity index is 631. The normalized spacial score (nSPS) is 10.3. The van der Waals surface area contributed by atoms with Gasteiger partial charge in [-0.1, -0.05) is 46.3 Å². The molecule has 0 bridgehead atoms. The molecule has 0 saturated heterocycles. The Hall–Kier alpha value is -1.85. The summed E-state index contributed by atoms with van der Waals surface area (Å²) >= 11 is 3.39. The van der Waals surface area contributed by atoms with E-state index in [4.69, 9.17) is 9.47 Å². The molecule has 0 aromatic heterocycles. The monoisotopic (exact) mass is 377 g/mol. The fourth-order valence-electron chi connectivity index (χ4n) is 2.07. The molecule has 2 aromatic carbocycles. The largest absolute Gasteiger partial charge is 0.492 e. The van der Waals surface area contributed by atoms with Crippen molar-refractivity contribution in [1.82, 2.24) is 0 Å². The molecule has 1 N–H and O–H groups in total. The lowest BCUT2D eigenvalue weighted by atomic mass is 10.2. The zero-order valence-electron chi connectivity index (χ0n) is 13.0. The molecule has 0 unspecified atom stereocenters. The lowest BCUT2D eigenvalue weighted by Crippen LogP contribution is -2.19. The molecule has 0 aliphatic rings. The van der Waals surface area contributed by atoms with Crippen LogP contribution in [-0.4, -0.2) is 25.7 Å². The van der Waals surface area contributed by atoms with Crippen LogP contribution < -0.4 is 10.1 Å². The van der Waals surface area contributed by atoms with Crippen molar-refractivity contribution >= 4 is 27.5 Å². The number of ether oxygens (including phenoxy) is 2. The van der Waals surface area contributed by atoms with E-state index in [1.165, 1.54) is 5.56 Å². The third kappa shape index (κ3) is 6.04. The van der Waals surface area contributed by atoms with E-state index < -0.39 is 0 Å². The standard InChI is InChI=1S/C18H20BrNO3/c1-2-23-17-9-8-15(19)12-16(17)20-18(21)13-22-11-10-14-6-4-3-5-7-14/h3-9,12H,2,10-11,13H2,1H3,(H,20,21). The average molecular weight is 378 g/mol. The second-order valence-electron chi connectivity index (χ2n) is 4.91. The number of hydrogen-bond donors (Lipinski definition) is 1. The molecule has 23 heavy (non-hydrogen) atoms. The van der Waals surface area contributed by atoms with Gasteiger partial charge < -0.3 is 14.8 Å². The summed E-state index contributed by atoms with van der Waals surface area (Å²) in [6.07, 6.45) is 0.787. The van der Waals surface area contributed by atoms with Crippen LogP contribution in [0.1, 0.15) is 12.5 Å². The van der Waals surface area contributed by atoms with Crippen LogP contribution >= 0.6 is 15.9 Å². The summed E-state index contributed by atoms with van der Waals surface area (Å²) in [6, 6.07) is 15.5. The van der Waals surface area contributed by atoms with Gasteiger partial charge in [0.2, 0.25) is 5.91 Å². The number of rotatable bonds is 8. The molecule has 0 aliphatic carbocycles. The highest BCUT2D eigenvalue weighted by Crippen LogP contribution is 2.28. The van der Waals surface area contributed by atoms with Gasteiger partial charge >= 0.3 is 0 Å². The summed E-state index contributed by atoms with van der Waals surface area (Å²) in [5.74, 6) is 0.449. The van der Waals surface area contributed by atoms with E-state index in [2.05, 4.69) is 21.2 Å². The van der Waals surface area contributed by atoms with Gasteiger partial charge in [-0.15, -0.1) is 0 Å². The molecule has 0 aliphatic heterocycles. The molecule has 0 radical (unpaired) electrons. The molecule has 5 heteroatoms. The quantitative estimate of drug-likeness (QED) is 0.706. The molecule has 0 saturated carbocycles. The molecule has 122 valence electrons. The summed E-state index contributed by atoms with van der Waals surface area (Å²) in [4.78, 5) is 12.0. The van der Waals surface area contributed by atoms with Crippen molar-refractivity contribution in [1.29, 1.82) is 0 Å². The van der Waals surface area contributed by atoms with Gasteiger partial charge in [0.05, 0.1) is 18.9 Å². The minimum atomic E-state index is -0.197. The van der Waals surface area contributed by atoms with Crippen molar-refractivity contribution in [3.05, 3.63) is 58.6 Å². The third-order valence-corrected chi connectivity index (χ3v) is 3.62. The van der Waals surface area contributed by atoms with Crippen LogP contribution in [0, 0.1) is 0 Å². The number of hydrogen-bond acceptors (Lipinski definition) is 3. The first kappa shape index (κ1) is 17.5.